The van der Waals surface area contributed by atoms with Crippen LogP contribution in [0.15, 0.2) is 77.3 Å². The molecule has 5 nitrogen and oxygen atoms in total. The number of nitrogens with one attached hydrogen (secondary N) is 1. The standard InChI is InChI=1S/C21H20N4OS/c26-20(18-12-7-14-25(18)21-22-13-15-27-21)24-23-19(16-8-3-1-4-9-16)17-10-5-2-6-11-17/h1-6,8-11,13,15,18H,7,12,14H2,(H,24,26)/t18-/m0/s1. The predicted molar refractivity (Wildman–Crippen MR) is 109 cm³/mol. The van der Waals surface area contributed by atoms with Crippen LogP contribution in [0.2, 0.25) is 0 Å². The Kier molecular flexibility index (Phi) is 5.25. The zero-order valence-corrected chi connectivity index (χ0v) is 15.6. The summed E-state index contributed by atoms with van der Waals surface area (Å²) in [5.74, 6) is -0.0907. The van der Waals surface area contributed by atoms with Crippen molar-refractivity contribution in [2.75, 3.05) is 11.4 Å². The maximum Gasteiger partial charge on any atom is 0.262 e. The van der Waals surface area contributed by atoms with Crippen molar-refractivity contribution in [3.05, 3.63) is 83.4 Å². The lowest BCUT2D eigenvalue weighted by Crippen LogP contribution is -2.42. The van der Waals surface area contributed by atoms with E-state index in [9.17, 15) is 4.79 Å². The topological polar surface area (TPSA) is 57.6 Å². The molecule has 1 atom stereocenters. The van der Waals surface area contributed by atoms with E-state index in [1.54, 1.807) is 17.5 Å². The minimum atomic E-state index is -0.229. The summed E-state index contributed by atoms with van der Waals surface area (Å²) in [6.45, 7) is 0.847. The predicted octanol–water partition coefficient (Wildman–Crippen LogP) is 3.68. The number of amides is 1. The van der Waals surface area contributed by atoms with E-state index in [-0.39, 0.29) is 11.9 Å². The lowest BCUT2D eigenvalue weighted by molar-refractivity contribution is -0.122. The molecule has 4 rings (SSSR count). The number of carbonyl (C=O) groups is 1. The van der Waals surface area contributed by atoms with Gasteiger partial charge in [-0.2, -0.15) is 5.10 Å². The first-order chi connectivity index (χ1) is 13.3. The number of thiazole rings is 1. The van der Waals surface area contributed by atoms with Crippen molar-refractivity contribution in [3.63, 3.8) is 0 Å². The second-order valence-corrected chi connectivity index (χ2v) is 7.21. The SMILES string of the molecule is O=C(NN=C(c1ccccc1)c1ccccc1)[C@@H]1CCCN1c1nccs1. The maximum atomic E-state index is 12.8. The Balaban J connectivity index is 1.57. The first kappa shape index (κ1) is 17.4. The van der Waals surface area contributed by atoms with E-state index in [4.69, 9.17) is 0 Å². The van der Waals surface area contributed by atoms with Gasteiger partial charge in [-0.3, -0.25) is 4.79 Å². The summed E-state index contributed by atoms with van der Waals surface area (Å²) in [4.78, 5) is 19.3. The Labute approximate surface area is 162 Å². The number of hydrazone groups is 1. The van der Waals surface area contributed by atoms with Gasteiger partial charge in [0.05, 0.1) is 5.71 Å². The maximum absolute atomic E-state index is 12.8. The number of hydrogen-bond acceptors (Lipinski definition) is 5. The molecule has 1 fully saturated rings. The molecule has 1 N–H and O–H groups in total. The molecule has 136 valence electrons. The first-order valence-corrected chi connectivity index (χ1v) is 9.85. The summed E-state index contributed by atoms with van der Waals surface area (Å²) in [7, 11) is 0. The molecule has 1 saturated heterocycles. The Hall–Kier alpha value is -2.99. The monoisotopic (exact) mass is 376 g/mol. The Morgan fingerprint density at radius 1 is 1.07 bits per heavy atom. The van der Waals surface area contributed by atoms with Crippen LogP contribution in [0.5, 0.6) is 0 Å². The highest BCUT2D eigenvalue weighted by atomic mass is 32.1. The van der Waals surface area contributed by atoms with Gasteiger partial charge in [-0.15, -0.1) is 11.3 Å². The minimum Gasteiger partial charge on any atom is -0.336 e. The van der Waals surface area contributed by atoms with E-state index in [0.29, 0.717) is 0 Å². The van der Waals surface area contributed by atoms with Gasteiger partial charge in [-0.1, -0.05) is 60.7 Å². The summed E-state index contributed by atoms with van der Waals surface area (Å²) in [5.41, 5.74) is 5.48. The van der Waals surface area contributed by atoms with Crippen molar-refractivity contribution >= 4 is 28.1 Å². The fourth-order valence-electron chi connectivity index (χ4n) is 3.30. The smallest absolute Gasteiger partial charge is 0.262 e. The largest absolute Gasteiger partial charge is 0.336 e. The molecule has 2 aromatic carbocycles. The number of aromatic nitrogens is 1. The number of anilines is 1. The second kappa shape index (κ2) is 8.14. The third-order valence-electron chi connectivity index (χ3n) is 4.59. The Morgan fingerprint density at radius 3 is 2.33 bits per heavy atom. The molecule has 0 aliphatic carbocycles. The molecule has 1 aliphatic rings. The molecule has 1 aromatic heterocycles. The van der Waals surface area contributed by atoms with Gasteiger partial charge in [0.1, 0.15) is 6.04 Å². The van der Waals surface area contributed by atoms with Crippen LogP contribution < -0.4 is 10.3 Å². The number of rotatable bonds is 5. The lowest BCUT2D eigenvalue weighted by atomic mass is 10.0. The van der Waals surface area contributed by atoms with Gasteiger partial charge in [0.15, 0.2) is 5.13 Å². The molecular formula is C21H20N4OS. The highest BCUT2D eigenvalue weighted by Crippen LogP contribution is 2.27. The van der Waals surface area contributed by atoms with E-state index >= 15 is 0 Å². The second-order valence-electron chi connectivity index (χ2n) is 6.33. The third kappa shape index (κ3) is 3.90. The molecule has 0 radical (unpaired) electrons. The van der Waals surface area contributed by atoms with Gasteiger partial charge in [-0.05, 0) is 12.8 Å². The summed E-state index contributed by atoms with van der Waals surface area (Å²) < 4.78 is 0. The molecule has 0 bridgehead atoms. The van der Waals surface area contributed by atoms with Crippen LogP contribution in [0.3, 0.4) is 0 Å². The molecule has 6 heteroatoms. The highest BCUT2D eigenvalue weighted by molar-refractivity contribution is 7.13. The van der Waals surface area contributed by atoms with Crippen molar-refractivity contribution in [1.29, 1.82) is 0 Å². The number of hydrogen-bond donors (Lipinski definition) is 1. The van der Waals surface area contributed by atoms with Crippen LogP contribution in [0, 0.1) is 0 Å². The summed E-state index contributed by atoms with van der Waals surface area (Å²) >= 11 is 1.56. The number of carbonyl (C=O) groups excluding carboxylic acids is 1. The summed E-state index contributed by atoms with van der Waals surface area (Å²) in [6, 6.07) is 19.6. The molecule has 27 heavy (non-hydrogen) atoms. The van der Waals surface area contributed by atoms with Gasteiger partial charge < -0.3 is 4.90 Å². The molecule has 2 heterocycles. The van der Waals surface area contributed by atoms with E-state index in [2.05, 4.69) is 20.4 Å². The Morgan fingerprint density at radius 2 is 1.74 bits per heavy atom. The molecule has 0 saturated carbocycles. The van der Waals surface area contributed by atoms with Crippen LogP contribution in [0.1, 0.15) is 24.0 Å². The lowest BCUT2D eigenvalue weighted by Gasteiger charge is -2.22. The number of benzene rings is 2. The molecule has 3 aromatic rings. The van der Waals surface area contributed by atoms with Crippen LogP contribution in [-0.2, 0) is 4.79 Å². The van der Waals surface area contributed by atoms with Crippen LogP contribution in [-0.4, -0.2) is 29.2 Å². The number of nitrogens with zero attached hydrogens (tertiary/aromatic N) is 3. The normalized spacial score (nSPS) is 16.1. The molecule has 0 spiro atoms. The van der Waals surface area contributed by atoms with E-state index in [1.165, 1.54) is 0 Å². The van der Waals surface area contributed by atoms with Crippen molar-refractivity contribution in [3.8, 4) is 0 Å². The van der Waals surface area contributed by atoms with Crippen molar-refractivity contribution in [1.82, 2.24) is 10.4 Å². The molecule has 1 aliphatic heterocycles. The van der Waals surface area contributed by atoms with Crippen LogP contribution in [0.4, 0.5) is 5.13 Å². The van der Waals surface area contributed by atoms with Crippen LogP contribution >= 0.6 is 11.3 Å². The average molecular weight is 376 g/mol. The third-order valence-corrected chi connectivity index (χ3v) is 5.40. The van der Waals surface area contributed by atoms with Gasteiger partial charge in [0.2, 0.25) is 0 Å². The molecular weight excluding hydrogens is 356 g/mol. The van der Waals surface area contributed by atoms with Crippen molar-refractivity contribution in [2.45, 2.75) is 18.9 Å². The van der Waals surface area contributed by atoms with Gasteiger partial charge in [-0.25, -0.2) is 10.4 Å². The molecule has 1 amide bonds. The summed E-state index contributed by atoms with van der Waals surface area (Å²) in [5, 5.41) is 7.32. The zero-order chi connectivity index (χ0) is 18.5. The highest BCUT2D eigenvalue weighted by Gasteiger charge is 2.32. The van der Waals surface area contributed by atoms with Gasteiger partial charge in [0.25, 0.3) is 5.91 Å². The quantitative estimate of drug-likeness (QED) is 0.546. The Bertz CT molecular complexity index is 868. The van der Waals surface area contributed by atoms with Gasteiger partial charge in [0, 0.05) is 29.2 Å². The van der Waals surface area contributed by atoms with Crippen molar-refractivity contribution in [2.24, 2.45) is 5.10 Å². The fourth-order valence-corrected chi connectivity index (χ4v) is 4.02. The summed E-state index contributed by atoms with van der Waals surface area (Å²) in [6.07, 6.45) is 3.56. The van der Waals surface area contributed by atoms with Crippen LogP contribution in [0.25, 0.3) is 0 Å². The van der Waals surface area contributed by atoms with Crippen molar-refractivity contribution < 1.29 is 4.79 Å². The first-order valence-electron chi connectivity index (χ1n) is 8.97. The molecule has 0 unspecified atom stereocenters. The minimum absolute atomic E-state index is 0.0907. The van der Waals surface area contributed by atoms with E-state index < -0.39 is 0 Å². The fraction of sp³-hybridized carbons (Fsp3) is 0.190. The average Bonchev–Trinajstić information content (AvgIpc) is 3.41. The van der Waals surface area contributed by atoms with Gasteiger partial charge >= 0.3 is 0 Å². The van der Waals surface area contributed by atoms with E-state index in [1.807, 2.05) is 66.0 Å². The zero-order valence-electron chi connectivity index (χ0n) is 14.8. The van der Waals surface area contributed by atoms with E-state index in [0.717, 1.165) is 41.4 Å².